The molecule has 0 amide bonds. The zero-order valence-electron chi connectivity index (χ0n) is 8.54. The first-order valence-electron chi connectivity index (χ1n) is 4.70. The standard InChI is InChI=1S/C10H10Cl2N4/c1-13-10(9-5-14-16-15-9)7-4-6(11)2-3-8(7)12/h2-5,10,13H,1H3,(H,14,15,16). The highest BCUT2D eigenvalue weighted by molar-refractivity contribution is 6.33. The molecule has 1 aromatic carbocycles. The third kappa shape index (κ3) is 2.19. The highest BCUT2D eigenvalue weighted by Crippen LogP contribution is 2.29. The van der Waals surface area contributed by atoms with Crippen LogP contribution in [0.2, 0.25) is 10.0 Å². The van der Waals surface area contributed by atoms with Crippen LogP contribution in [-0.4, -0.2) is 22.5 Å². The Bertz CT molecular complexity index is 470. The van der Waals surface area contributed by atoms with Crippen molar-refractivity contribution in [1.82, 2.24) is 20.7 Å². The molecule has 1 heterocycles. The molecule has 2 rings (SSSR count). The van der Waals surface area contributed by atoms with Gasteiger partial charge in [-0.1, -0.05) is 23.2 Å². The van der Waals surface area contributed by atoms with Gasteiger partial charge in [-0.2, -0.15) is 15.4 Å². The minimum atomic E-state index is -0.120. The fourth-order valence-corrected chi connectivity index (χ4v) is 1.96. The number of aromatic nitrogens is 3. The number of nitrogens with one attached hydrogen (secondary N) is 2. The second kappa shape index (κ2) is 4.82. The van der Waals surface area contributed by atoms with E-state index in [0.717, 1.165) is 11.3 Å². The number of halogens is 2. The smallest absolute Gasteiger partial charge is 0.104 e. The molecule has 4 nitrogen and oxygen atoms in total. The fraction of sp³-hybridized carbons (Fsp3) is 0.200. The Balaban J connectivity index is 2.44. The van der Waals surface area contributed by atoms with Crippen LogP contribution in [0.25, 0.3) is 0 Å². The van der Waals surface area contributed by atoms with E-state index in [1.807, 2.05) is 13.1 Å². The van der Waals surface area contributed by atoms with Crippen molar-refractivity contribution < 1.29 is 0 Å². The number of hydrogen-bond donors (Lipinski definition) is 2. The largest absolute Gasteiger partial charge is 0.308 e. The van der Waals surface area contributed by atoms with E-state index in [2.05, 4.69) is 20.7 Å². The average Bonchev–Trinajstić information content (AvgIpc) is 2.78. The predicted molar refractivity (Wildman–Crippen MR) is 63.7 cm³/mol. The lowest BCUT2D eigenvalue weighted by Gasteiger charge is -2.15. The molecule has 1 unspecified atom stereocenters. The SMILES string of the molecule is CNC(c1cn[nH]n1)c1cc(Cl)ccc1Cl. The van der Waals surface area contributed by atoms with Gasteiger partial charge in [-0.3, -0.25) is 0 Å². The number of nitrogens with zero attached hydrogens (tertiary/aromatic N) is 2. The summed E-state index contributed by atoms with van der Waals surface area (Å²) in [5.74, 6) is 0. The molecule has 0 aliphatic heterocycles. The molecule has 0 fully saturated rings. The lowest BCUT2D eigenvalue weighted by atomic mass is 10.0. The summed E-state index contributed by atoms with van der Waals surface area (Å²) in [4.78, 5) is 0. The number of hydrogen-bond acceptors (Lipinski definition) is 3. The molecule has 0 aliphatic carbocycles. The van der Waals surface area contributed by atoms with Gasteiger partial charge in [0.05, 0.1) is 12.2 Å². The monoisotopic (exact) mass is 256 g/mol. The molecular formula is C10H10Cl2N4. The Labute approximate surface area is 103 Å². The summed E-state index contributed by atoms with van der Waals surface area (Å²) in [6.45, 7) is 0. The van der Waals surface area contributed by atoms with Gasteiger partial charge in [-0.05, 0) is 30.8 Å². The van der Waals surface area contributed by atoms with Crippen LogP contribution < -0.4 is 5.32 Å². The van der Waals surface area contributed by atoms with E-state index in [1.54, 1.807) is 18.3 Å². The van der Waals surface area contributed by atoms with E-state index in [4.69, 9.17) is 23.2 Å². The lowest BCUT2D eigenvalue weighted by Crippen LogP contribution is -2.18. The molecule has 1 aromatic heterocycles. The molecule has 0 radical (unpaired) electrons. The molecule has 0 saturated carbocycles. The number of benzene rings is 1. The van der Waals surface area contributed by atoms with E-state index < -0.39 is 0 Å². The Hall–Kier alpha value is -1.10. The van der Waals surface area contributed by atoms with Gasteiger partial charge < -0.3 is 5.32 Å². The Morgan fingerprint density at radius 1 is 1.38 bits per heavy atom. The van der Waals surface area contributed by atoms with Crippen molar-refractivity contribution in [2.75, 3.05) is 7.05 Å². The Morgan fingerprint density at radius 2 is 2.19 bits per heavy atom. The molecule has 84 valence electrons. The molecule has 0 spiro atoms. The summed E-state index contributed by atoms with van der Waals surface area (Å²) >= 11 is 12.1. The summed E-state index contributed by atoms with van der Waals surface area (Å²) in [5, 5.41) is 14.8. The van der Waals surface area contributed by atoms with E-state index in [1.165, 1.54) is 0 Å². The van der Waals surface area contributed by atoms with Crippen molar-refractivity contribution in [3.8, 4) is 0 Å². The zero-order chi connectivity index (χ0) is 11.5. The number of H-pyrrole nitrogens is 1. The van der Waals surface area contributed by atoms with Gasteiger partial charge in [0.1, 0.15) is 5.69 Å². The fourth-order valence-electron chi connectivity index (χ4n) is 1.55. The zero-order valence-corrected chi connectivity index (χ0v) is 10.0. The number of rotatable bonds is 3. The molecule has 6 heteroatoms. The van der Waals surface area contributed by atoms with Crippen LogP contribution in [0.1, 0.15) is 17.3 Å². The maximum atomic E-state index is 6.13. The van der Waals surface area contributed by atoms with Gasteiger partial charge in [-0.15, -0.1) is 0 Å². The molecule has 2 aromatic rings. The molecule has 2 N–H and O–H groups in total. The van der Waals surface area contributed by atoms with Gasteiger partial charge in [-0.25, -0.2) is 0 Å². The lowest BCUT2D eigenvalue weighted by molar-refractivity contribution is 0.667. The topological polar surface area (TPSA) is 53.6 Å². The maximum absolute atomic E-state index is 6.13. The summed E-state index contributed by atoms with van der Waals surface area (Å²) in [6, 6.07) is 5.22. The van der Waals surface area contributed by atoms with Crippen molar-refractivity contribution in [3.05, 3.63) is 45.7 Å². The van der Waals surface area contributed by atoms with Crippen LogP contribution in [0, 0.1) is 0 Å². The van der Waals surface area contributed by atoms with Crippen molar-refractivity contribution in [1.29, 1.82) is 0 Å². The highest BCUT2D eigenvalue weighted by atomic mass is 35.5. The summed E-state index contributed by atoms with van der Waals surface area (Å²) in [7, 11) is 1.83. The van der Waals surface area contributed by atoms with Gasteiger partial charge >= 0.3 is 0 Å². The van der Waals surface area contributed by atoms with Crippen LogP contribution in [0.4, 0.5) is 0 Å². The predicted octanol–water partition coefficient (Wildman–Crippen LogP) is 2.42. The van der Waals surface area contributed by atoms with Crippen LogP contribution in [-0.2, 0) is 0 Å². The molecule has 16 heavy (non-hydrogen) atoms. The van der Waals surface area contributed by atoms with Crippen molar-refractivity contribution in [2.24, 2.45) is 0 Å². The molecule has 0 saturated heterocycles. The molecule has 0 aliphatic rings. The summed E-state index contributed by atoms with van der Waals surface area (Å²) in [6.07, 6.45) is 1.65. The quantitative estimate of drug-likeness (QED) is 0.887. The maximum Gasteiger partial charge on any atom is 0.104 e. The van der Waals surface area contributed by atoms with Crippen LogP contribution in [0.5, 0.6) is 0 Å². The third-order valence-electron chi connectivity index (χ3n) is 2.29. The first kappa shape index (κ1) is 11.4. The van der Waals surface area contributed by atoms with E-state index in [0.29, 0.717) is 10.0 Å². The minimum absolute atomic E-state index is 0.120. The summed E-state index contributed by atoms with van der Waals surface area (Å²) in [5.41, 5.74) is 1.65. The van der Waals surface area contributed by atoms with Gasteiger partial charge in [0.15, 0.2) is 0 Å². The molecular weight excluding hydrogens is 247 g/mol. The van der Waals surface area contributed by atoms with E-state index in [-0.39, 0.29) is 6.04 Å². The van der Waals surface area contributed by atoms with Gasteiger partial charge in [0.25, 0.3) is 0 Å². The van der Waals surface area contributed by atoms with Crippen molar-refractivity contribution >= 4 is 23.2 Å². The Morgan fingerprint density at radius 3 is 2.81 bits per heavy atom. The van der Waals surface area contributed by atoms with Gasteiger partial charge in [0.2, 0.25) is 0 Å². The van der Waals surface area contributed by atoms with Crippen LogP contribution in [0.3, 0.4) is 0 Å². The van der Waals surface area contributed by atoms with Crippen LogP contribution >= 0.6 is 23.2 Å². The first-order chi connectivity index (χ1) is 7.72. The summed E-state index contributed by atoms with van der Waals surface area (Å²) < 4.78 is 0. The first-order valence-corrected chi connectivity index (χ1v) is 5.46. The minimum Gasteiger partial charge on any atom is -0.308 e. The average molecular weight is 257 g/mol. The normalized spacial score (nSPS) is 12.7. The highest BCUT2D eigenvalue weighted by Gasteiger charge is 2.17. The van der Waals surface area contributed by atoms with E-state index in [9.17, 15) is 0 Å². The third-order valence-corrected chi connectivity index (χ3v) is 2.87. The Kier molecular flexibility index (Phi) is 3.43. The van der Waals surface area contributed by atoms with Gasteiger partial charge in [0, 0.05) is 10.0 Å². The second-order valence-corrected chi connectivity index (χ2v) is 4.13. The second-order valence-electron chi connectivity index (χ2n) is 3.28. The van der Waals surface area contributed by atoms with Crippen molar-refractivity contribution in [3.63, 3.8) is 0 Å². The molecule has 1 atom stereocenters. The van der Waals surface area contributed by atoms with Crippen molar-refractivity contribution in [2.45, 2.75) is 6.04 Å². The number of aromatic amines is 1. The molecule has 0 bridgehead atoms. The van der Waals surface area contributed by atoms with E-state index >= 15 is 0 Å². The van der Waals surface area contributed by atoms with Crippen LogP contribution in [0.15, 0.2) is 24.4 Å².